The highest BCUT2D eigenvalue weighted by molar-refractivity contribution is 5.83. The molecule has 0 aliphatic carbocycles. The maximum atomic E-state index is 12.4. The summed E-state index contributed by atoms with van der Waals surface area (Å²) in [5.41, 5.74) is 2.74. The van der Waals surface area contributed by atoms with Crippen LogP contribution in [0.25, 0.3) is 11.4 Å². The van der Waals surface area contributed by atoms with Crippen LogP contribution in [-0.4, -0.2) is 27.2 Å². The SMILES string of the molecule is CC[C@@H](C(=O)NCCn1ccc(-c2ccccn2)n1)c1ccccc1. The predicted molar refractivity (Wildman–Crippen MR) is 97.9 cm³/mol. The number of hydrogen-bond acceptors (Lipinski definition) is 3. The Bertz CT molecular complexity index is 799. The minimum absolute atomic E-state index is 0.0609. The third kappa shape index (κ3) is 4.32. The van der Waals surface area contributed by atoms with Gasteiger partial charge in [0.25, 0.3) is 0 Å². The number of nitrogens with zero attached hydrogens (tertiary/aromatic N) is 3. The lowest BCUT2D eigenvalue weighted by Crippen LogP contribution is -2.31. The molecule has 1 N–H and O–H groups in total. The van der Waals surface area contributed by atoms with E-state index in [-0.39, 0.29) is 11.8 Å². The van der Waals surface area contributed by atoms with Crippen molar-refractivity contribution in [2.24, 2.45) is 0 Å². The summed E-state index contributed by atoms with van der Waals surface area (Å²) in [5, 5.41) is 7.52. The number of rotatable bonds is 7. The molecular formula is C20H22N4O. The third-order valence-corrected chi connectivity index (χ3v) is 4.13. The lowest BCUT2D eigenvalue weighted by atomic mass is 9.96. The number of aromatic nitrogens is 3. The molecule has 0 fully saturated rings. The molecule has 0 spiro atoms. The van der Waals surface area contributed by atoms with Crippen molar-refractivity contribution in [3.05, 3.63) is 72.6 Å². The fourth-order valence-electron chi connectivity index (χ4n) is 2.81. The smallest absolute Gasteiger partial charge is 0.227 e. The van der Waals surface area contributed by atoms with Gasteiger partial charge in [-0.1, -0.05) is 43.3 Å². The van der Waals surface area contributed by atoms with E-state index in [4.69, 9.17) is 0 Å². The Morgan fingerprint density at radius 2 is 1.88 bits per heavy atom. The number of carbonyl (C=O) groups excluding carboxylic acids is 1. The molecule has 5 heteroatoms. The summed E-state index contributed by atoms with van der Waals surface area (Å²) in [6.45, 7) is 3.21. The van der Waals surface area contributed by atoms with Gasteiger partial charge in [0.2, 0.25) is 5.91 Å². The Kier molecular flexibility index (Phi) is 5.57. The molecule has 0 bridgehead atoms. The van der Waals surface area contributed by atoms with Crippen LogP contribution in [0.3, 0.4) is 0 Å². The van der Waals surface area contributed by atoms with Gasteiger partial charge in [-0.05, 0) is 30.2 Å². The fraction of sp³-hybridized carbons (Fsp3) is 0.250. The van der Waals surface area contributed by atoms with Crippen LogP contribution in [0.15, 0.2) is 67.0 Å². The summed E-state index contributed by atoms with van der Waals surface area (Å²) in [5.74, 6) is -0.0475. The molecule has 2 aromatic heterocycles. The number of nitrogens with one attached hydrogen (secondary N) is 1. The summed E-state index contributed by atoms with van der Waals surface area (Å²) in [7, 11) is 0. The maximum Gasteiger partial charge on any atom is 0.227 e. The molecule has 0 saturated carbocycles. The Labute approximate surface area is 147 Å². The number of carbonyl (C=O) groups is 1. The molecule has 3 rings (SSSR count). The van der Waals surface area contributed by atoms with Crippen LogP contribution >= 0.6 is 0 Å². The third-order valence-electron chi connectivity index (χ3n) is 4.13. The fourth-order valence-corrected chi connectivity index (χ4v) is 2.81. The van der Waals surface area contributed by atoms with Crippen molar-refractivity contribution in [2.45, 2.75) is 25.8 Å². The minimum atomic E-state index is -0.108. The van der Waals surface area contributed by atoms with Gasteiger partial charge in [0.15, 0.2) is 0 Å². The van der Waals surface area contributed by atoms with E-state index in [0.717, 1.165) is 23.4 Å². The average Bonchev–Trinajstić information content (AvgIpc) is 3.13. The highest BCUT2D eigenvalue weighted by Crippen LogP contribution is 2.19. The average molecular weight is 334 g/mol. The number of pyridine rings is 1. The van der Waals surface area contributed by atoms with Crippen molar-refractivity contribution in [3.63, 3.8) is 0 Å². The Hall–Kier alpha value is -2.95. The van der Waals surface area contributed by atoms with Crippen LogP contribution in [0.1, 0.15) is 24.8 Å². The van der Waals surface area contributed by atoms with Gasteiger partial charge in [-0.25, -0.2) is 0 Å². The van der Waals surface area contributed by atoms with E-state index >= 15 is 0 Å². The molecule has 1 atom stereocenters. The highest BCUT2D eigenvalue weighted by atomic mass is 16.1. The minimum Gasteiger partial charge on any atom is -0.354 e. The maximum absolute atomic E-state index is 12.4. The van der Waals surface area contributed by atoms with Gasteiger partial charge in [-0.3, -0.25) is 14.5 Å². The summed E-state index contributed by atoms with van der Waals surface area (Å²) in [6, 6.07) is 17.6. The van der Waals surface area contributed by atoms with E-state index in [1.807, 2.05) is 72.4 Å². The summed E-state index contributed by atoms with van der Waals surface area (Å²) >= 11 is 0. The van der Waals surface area contributed by atoms with Crippen molar-refractivity contribution >= 4 is 5.91 Å². The highest BCUT2D eigenvalue weighted by Gasteiger charge is 2.17. The molecule has 1 aromatic carbocycles. The van der Waals surface area contributed by atoms with Crippen LogP contribution in [-0.2, 0) is 11.3 Å². The van der Waals surface area contributed by atoms with Crippen LogP contribution in [0.4, 0.5) is 0 Å². The molecule has 0 unspecified atom stereocenters. The van der Waals surface area contributed by atoms with Gasteiger partial charge < -0.3 is 5.32 Å². The quantitative estimate of drug-likeness (QED) is 0.721. The Balaban J connectivity index is 1.54. The summed E-state index contributed by atoms with van der Waals surface area (Å²) < 4.78 is 1.83. The van der Waals surface area contributed by atoms with Gasteiger partial charge in [0, 0.05) is 18.9 Å². The first-order valence-corrected chi connectivity index (χ1v) is 8.55. The van der Waals surface area contributed by atoms with E-state index in [1.54, 1.807) is 6.20 Å². The van der Waals surface area contributed by atoms with Crippen LogP contribution in [0.5, 0.6) is 0 Å². The molecule has 128 valence electrons. The molecule has 0 aliphatic heterocycles. The molecule has 1 amide bonds. The normalized spacial score (nSPS) is 11.9. The van der Waals surface area contributed by atoms with E-state index in [2.05, 4.69) is 15.4 Å². The second-order valence-corrected chi connectivity index (χ2v) is 5.84. The lowest BCUT2D eigenvalue weighted by molar-refractivity contribution is -0.122. The summed E-state index contributed by atoms with van der Waals surface area (Å²) in [4.78, 5) is 16.7. The zero-order valence-corrected chi connectivity index (χ0v) is 14.3. The second kappa shape index (κ2) is 8.24. The number of benzene rings is 1. The first-order valence-electron chi connectivity index (χ1n) is 8.55. The van der Waals surface area contributed by atoms with E-state index in [9.17, 15) is 4.79 Å². The van der Waals surface area contributed by atoms with E-state index < -0.39 is 0 Å². The van der Waals surface area contributed by atoms with Crippen molar-refractivity contribution in [2.75, 3.05) is 6.54 Å². The van der Waals surface area contributed by atoms with Gasteiger partial charge in [-0.15, -0.1) is 0 Å². The molecule has 0 radical (unpaired) electrons. The predicted octanol–water partition coefficient (Wildman–Crippen LogP) is 3.26. The molecule has 2 heterocycles. The zero-order valence-electron chi connectivity index (χ0n) is 14.3. The molecule has 0 aliphatic rings. The van der Waals surface area contributed by atoms with Crippen LogP contribution in [0.2, 0.25) is 0 Å². The number of hydrogen-bond donors (Lipinski definition) is 1. The second-order valence-electron chi connectivity index (χ2n) is 5.84. The molecule has 3 aromatic rings. The van der Waals surface area contributed by atoms with E-state index in [0.29, 0.717) is 13.1 Å². The van der Waals surface area contributed by atoms with Crippen molar-refractivity contribution in [1.82, 2.24) is 20.1 Å². The zero-order chi connectivity index (χ0) is 17.5. The standard InChI is InChI=1S/C20H22N4O/c1-2-17(16-8-4-3-5-9-16)20(25)22-13-15-24-14-11-19(23-24)18-10-6-7-12-21-18/h3-12,14,17H,2,13,15H2,1H3,(H,22,25)/t17-/m1/s1. The van der Waals surface area contributed by atoms with Gasteiger partial charge >= 0.3 is 0 Å². The van der Waals surface area contributed by atoms with Crippen molar-refractivity contribution < 1.29 is 4.79 Å². The topological polar surface area (TPSA) is 59.8 Å². The molecule has 0 saturated heterocycles. The molecular weight excluding hydrogens is 312 g/mol. The molecule has 25 heavy (non-hydrogen) atoms. The van der Waals surface area contributed by atoms with Gasteiger partial charge in [0.1, 0.15) is 5.69 Å². The van der Waals surface area contributed by atoms with Crippen molar-refractivity contribution in [1.29, 1.82) is 0 Å². The molecule has 5 nitrogen and oxygen atoms in total. The first-order chi connectivity index (χ1) is 12.3. The van der Waals surface area contributed by atoms with Crippen LogP contribution < -0.4 is 5.32 Å². The Morgan fingerprint density at radius 1 is 1.08 bits per heavy atom. The number of amides is 1. The Morgan fingerprint density at radius 3 is 2.60 bits per heavy atom. The van der Waals surface area contributed by atoms with Gasteiger partial charge in [-0.2, -0.15) is 5.10 Å². The lowest BCUT2D eigenvalue weighted by Gasteiger charge is -2.15. The first kappa shape index (κ1) is 16.9. The largest absolute Gasteiger partial charge is 0.354 e. The van der Waals surface area contributed by atoms with E-state index in [1.165, 1.54) is 0 Å². The van der Waals surface area contributed by atoms with Crippen LogP contribution in [0, 0.1) is 0 Å². The summed E-state index contributed by atoms with van der Waals surface area (Å²) in [6.07, 6.45) is 4.44. The van der Waals surface area contributed by atoms with Crippen molar-refractivity contribution in [3.8, 4) is 11.4 Å². The van der Waals surface area contributed by atoms with Gasteiger partial charge in [0.05, 0.1) is 18.2 Å². The monoisotopic (exact) mass is 334 g/mol.